The van der Waals surface area contributed by atoms with Gasteiger partial charge >= 0.3 is 0 Å². The minimum Gasteiger partial charge on any atom is -0.424 e. The lowest BCUT2D eigenvalue weighted by Gasteiger charge is -2.29. The molecule has 0 saturated carbocycles. The number of ether oxygens (including phenoxy) is 1. The highest BCUT2D eigenvalue weighted by Crippen LogP contribution is 2.26. The molecule has 2 aromatic heterocycles. The Bertz CT molecular complexity index is 1820. The average Bonchev–Trinajstić information content (AvgIpc) is 3.44. The van der Waals surface area contributed by atoms with Crippen LogP contribution in [-0.2, 0) is 33.8 Å². The van der Waals surface area contributed by atoms with Crippen LogP contribution in [0, 0.1) is 10.8 Å². The summed E-state index contributed by atoms with van der Waals surface area (Å²) in [6.45, 7) is 2.28. The summed E-state index contributed by atoms with van der Waals surface area (Å²) in [5.74, 6) is 0.156. The SMILES string of the molecule is N=CC(=CN)C(=O)NCCOCCC(=O)N1CCc2cc(CNc3ncnc(N)c3C(=N)c3ccc4oc(N)nc4c3)ccc2C1. The summed E-state index contributed by atoms with van der Waals surface area (Å²) in [6.07, 6.45) is 4.26. The fraction of sp³-hybridized carbons (Fsp3) is 0.258. The first kappa shape index (κ1) is 31.6. The normalized spacial score (nSPS) is 12.9. The van der Waals surface area contributed by atoms with E-state index in [0.29, 0.717) is 47.7 Å². The summed E-state index contributed by atoms with van der Waals surface area (Å²) in [4.78, 5) is 39.0. The second-order valence-corrected chi connectivity index (χ2v) is 10.5. The lowest BCUT2D eigenvalue weighted by Crippen LogP contribution is -2.36. The smallest absolute Gasteiger partial charge is 0.292 e. The Hall–Kier alpha value is -5.83. The van der Waals surface area contributed by atoms with Gasteiger partial charge in [-0.05, 0) is 41.3 Å². The molecule has 0 spiro atoms. The predicted octanol–water partition coefficient (Wildman–Crippen LogP) is 1.71. The van der Waals surface area contributed by atoms with Crippen molar-refractivity contribution in [2.45, 2.75) is 25.9 Å². The highest BCUT2D eigenvalue weighted by Gasteiger charge is 2.21. The van der Waals surface area contributed by atoms with Crippen molar-refractivity contribution in [1.29, 1.82) is 10.8 Å². The zero-order valence-electron chi connectivity index (χ0n) is 25.0. The van der Waals surface area contributed by atoms with Crippen molar-refractivity contribution in [2.75, 3.05) is 43.1 Å². The summed E-state index contributed by atoms with van der Waals surface area (Å²) in [5, 5.41) is 21.9. The van der Waals surface area contributed by atoms with Crippen LogP contribution in [0.25, 0.3) is 11.1 Å². The number of nitrogens with zero attached hydrogens (tertiary/aromatic N) is 4. The van der Waals surface area contributed by atoms with E-state index in [2.05, 4.69) is 31.7 Å². The number of hydrogen-bond donors (Lipinski definition) is 7. The van der Waals surface area contributed by atoms with E-state index in [4.69, 9.17) is 37.2 Å². The van der Waals surface area contributed by atoms with Crippen LogP contribution < -0.4 is 27.8 Å². The Labute approximate surface area is 264 Å². The minimum atomic E-state index is -0.448. The van der Waals surface area contributed by atoms with Crippen molar-refractivity contribution in [2.24, 2.45) is 5.73 Å². The number of hydrogen-bond acceptors (Lipinski definition) is 13. The van der Waals surface area contributed by atoms with Crippen LogP contribution in [-0.4, -0.2) is 69.9 Å². The molecule has 15 nitrogen and oxygen atoms in total. The number of nitrogens with one attached hydrogen (secondary N) is 4. The Morgan fingerprint density at radius 3 is 2.76 bits per heavy atom. The maximum absolute atomic E-state index is 12.8. The molecule has 3 heterocycles. The molecule has 0 bridgehead atoms. The third kappa shape index (κ3) is 7.27. The molecule has 4 aromatic rings. The third-order valence-electron chi connectivity index (χ3n) is 7.50. The van der Waals surface area contributed by atoms with Crippen molar-refractivity contribution in [3.05, 3.63) is 82.3 Å². The number of nitrogens with two attached hydrogens (primary N) is 3. The Kier molecular flexibility index (Phi) is 9.82. The van der Waals surface area contributed by atoms with Crippen LogP contribution in [0.1, 0.15) is 34.2 Å². The zero-order chi connectivity index (χ0) is 32.6. The first-order valence-electron chi connectivity index (χ1n) is 14.5. The molecule has 238 valence electrons. The maximum Gasteiger partial charge on any atom is 0.292 e. The number of fused-ring (bicyclic) bond motifs is 2. The molecule has 46 heavy (non-hydrogen) atoms. The molecular weight excluding hydrogens is 590 g/mol. The fourth-order valence-electron chi connectivity index (χ4n) is 5.09. The summed E-state index contributed by atoms with van der Waals surface area (Å²) in [6, 6.07) is 11.3. The predicted molar refractivity (Wildman–Crippen MR) is 173 cm³/mol. The van der Waals surface area contributed by atoms with Crippen LogP contribution in [0.15, 0.2) is 58.9 Å². The molecule has 1 aliphatic rings. The van der Waals surface area contributed by atoms with Crippen LogP contribution in [0.4, 0.5) is 17.7 Å². The van der Waals surface area contributed by atoms with Gasteiger partial charge in [0.2, 0.25) is 5.91 Å². The van der Waals surface area contributed by atoms with Gasteiger partial charge in [0.1, 0.15) is 23.5 Å². The largest absolute Gasteiger partial charge is 0.424 e. The van der Waals surface area contributed by atoms with Crippen molar-refractivity contribution < 1.29 is 18.7 Å². The number of nitrogen functional groups attached to an aromatic ring is 2. The lowest BCUT2D eigenvalue weighted by molar-refractivity contribution is -0.133. The van der Waals surface area contributed by atoms with Crippen molar-refractivity contribution in [1.82, 2.24) is 25.2 Å². The third-order valence-corrected chi connectivity index (χ3v) is 7.50. The van der Waals surface area contributed by atoms with E-state index in [9.17, 15) is 9.59 Å². The highest BCUT2D eigenvalue weighted by molar-refractivity contribution is 6.17. The molecule has 1 aliphatic heterocycles. The summed E-state index contributed by atoms with van der Waals surface area (Å²) < 4.78 is 10.8. The number of benzene rings is 2. The molecule has 0 radical (unpaired) electrons. The summed E-state index contributed by atoms with van der Waals surface area (Å²) >= 11 is 0. The van der Waals surface area contributed by atoms with Gasteiger partial charge in [-0.3, -0.25) is 15.0 Å². The van der Waals surface area contributed by atoms with Gasteiger partial charge in [-0.1, -0.05) is 18.2 Å². The van der Waals surface area contributed by atoms with E-state index in [1.807, 2.05) is 17.0 Å². The van der Waals surface area contributed by atoms with Gasteiger partial charge in [0.15, 0.2) is 5.58 Å². The van der Waals surface area contributed by atoms with Gasteiger partial charge in [0.05, 0.1) is 36.5 Å². The van der Waals surface area contributed by atoms with E-state index >= 15 is 0 Å². The van der Waals surface area contributed by atoms with Crippen LogP contribution in [0.5, 0.6) is 0 Å². The summed E-state index contributed by atoms with van der Waals surface area (Å²) in [7, 11) is 0. The molecule has 0 saturated heterocycles. The molecule has 0 aliphatic carbocycles. The van der Waals surface area contributed by atoms with Gasteiger partial charge in [0.25, 0.3) is 11.9 Å². The quantitative estimate of drug-likeness (QED) is 0.0640. The van der Waals surface area contributed by atoms with Crippen LogP contribution >= 0.6 is 0 Å². The van der Waals surface area contributed by atoms with E-state index < -0.39 is 5.91 Å². The van der Waals surface area contributed by atoms with E-state index in [0.717, 1.165) is 30.0 Å². The second-order valence-electron chi connectivity index (χ2n) is 10.5. The first-order chi connectivity index (χ1) is 22.3. The molecule has 0 fully saturated rings. The van der Waals surface area contributed by atoms with Crippen LogP contribution in [0.3, 0.4) is 0 Å². The first-order valence-corrected chi connectivity index (χ1v) is 14.5. The Morgan fingerprint density at radius 1 is 1.11 bits per heavy atom. The highest BCUT2D eigenvalue weighted by atomic mass is 16.5. The lowest BCUT2D eigenvalue weighted by atomic mass is 9.97. The van der Waals surface area contributed by atoms with Gasteiger partial charge in [-0.15, -0.1) is 0 Å². The average molecular weight is 626 g/mol. The topological polar surface area (TPSA) is 248 Å². The molecule has 0 atom stereocenters. The van der Waals surface area contributed by atoms with E-state index in [1.165, 1.54) is 11.9 Å². The monoisotopic (exact) mass is 625 g/mol. The number of oxazole rings is 1. The second kappa shape index (κ2) is 14.3. The number of rotatable bonds is 13. The number of aromatic nitrogens is 3. The molecule has 10 N–H and O–H groups in total. The summed E-state index contributed by atoms with van der Waals surface area (Å²) in [5.41, 5.74) is 22.6. The zero-order valence-corrected chi connectivity index (χ0v) is 25.0. The number of amides is 2. The van der Waals surface area contributed by atoms with Gasteiger partial charge in [-0.25, -0.2) is 9.97 Å². The number of carbonyl (C=O) groups is 2. The number of carbonyl (C=O) groups excluding carboxylic acids is 2. The van der Waals surface area contributed by atoms with Crippen molar-refractivity contribution >= 4 is 52.5 Å². The van der Waals surface area contributed by atoms with Gasteiger partial charge in [0, 0.05) is 44.2 Å². The minimum absolute atomic E-state index is 0.0000763. The van der Waals surface area contributed by atoms with Crippen LogP contribution in [0.2, 0.25) is 0 Å². The molecule has 5 rings (SSSR count). The van der Waals surface area contributed by atoms with Crippen molar-refractivity contribution in [3.63, 3.8) is 0 Å². The van der Waals surface area contributed by atoms with E-state index in [-0.39, 0.29) is 55.2 Å². The number of anilines is 3. The maximum atomic E-state index is 12.8. The molecule has 2 aromatic carbocycles. The van der Waals surface area contributed by atoms with Gasteiger partial charge in [-0.2, -0.15) is 4.98 Å². The molecular formula is C31H35N11O4. The Balaban J connectivity index is 1.13. The van der Waals surface area contributed by atoms with Crippen molar-refractivity contribution in [3.8, 4) is 0 Å². The molecule has 0 unspecified atom stereocenters. The van der Waals surface area contributed by atoms with Gasteiger partial charge < -0.3 is 47.3 Å². The standard InChI is InChI=1S/C31H35N11O4/c32-13-22(14-33)30(44)37-7-10-45-9-6-25(43)42-8-5-19-11-18(1-2-21(19)16-42)15-38-29-26(28(35)39-17-40-29)27(34)20-3-4-24-23(12-20)41-31(36)46-24/h1-4,11-14,17,32,34H,5-10,15-16,33H2,(H2,36,41)(H,37,44)(H3,35,38,39,40). The molecule has 15 heteroatoms. The Morgan fingerprint density at radius 2 is 1.96 bits per heavy atom. The molecule has 2 amide bonds. The fourth-order valence-corrected chi connectivity index (χ4v) is 5.09. The van der Waals surface area contributed by atoms with E-state index in [1.54, 1.807) is 18.2 Å².